The number of halogens is 2. The van der Waals surface area contributed by atoms with Crippen molar-refractivity contribution in [2.24, 2.45) is 5.92 Å². The molecule has 2 atom stereocenters. The van der Waals surface area contributed by atoms with E-state index in [9.17, 15) is 18.4 Å². The summed E-state index contributed by atoms with van der Waals surface area (Å²) in [6.07, 6.45) is -1.24. The number of rotatable bonds is 2. The van der Waals surface area contributed by atoms with E-state index in [2.05, 4.69) is 0 Å². The van der Waals surface area contributed by atoms with Gasteiger partial charge in [-0.25, -0.2) is 18.4 Å². The molecule has 1 aromatic carbocycles. The number of piperidine rings is 1. The molecule has 8 heteroatoms. The highest BCUT2D eigenvalue weighted by Gasteiger charge is 2.58. The van der Waals surface area contributed by atoms with E-state index in [-0.39, 0.29) is 26.1 Å². The molecule has 0 aromatic heterocycles. The molecule has 2 unspecified atom stereocenters. The van der Waals surface area contributed by atoms with Crippen molar-refractivity contribution in [1.82, 2.24) is 9.80 Å². The molecule has 6 nitrogen and oxygen atoms in total. The summed E-state index contributed by atoms with van der Waals surface area (Å²) in [5.74, 6) is -3.99. The number of fused-ring (bicyclic) bond motifs is 1. The van der Waals surface area contributed by atoms with Crippen LogP contribution in [-0.2, 0) is 16.1 Å². The van der Waals surface area contributed by atoms with Crippen LogP contribution in [0.15, 0.2) is 30.3 Å². The van der Waals surface area contributed by atoms with Crippen molar-refractivity contribution in [1.29, 1.82) is 0 Å². The van der Waals surface area contributed by atoms with E-state index in [0.29, 0.717) is 0 Å². The fourth-order valence-corrected chi connectivity index (χ4v) is 3.70. The van der Waals surface area contributed by atoms with Crippen molar-refractivity contribution < 1.29 is 27.8 Å². The summed E-state index contributed by atoms with van der Waals surface area (Å²) in [5, 5.41) is 0. The molecule has 2 heterocycles. The van der Waals surface area contributed by atoms with Gasteiger partial charge in [-0.2, -0.15) is 0 Å². The van der Waals surface area contributed by atoms with Crippen molar-refractivity contribution in [3.05, 3.63) is 35.9 Å². The third-order valence-electron chi connectivity index (χ3n) is 5.00. The van der Waals surface area contributed by atoms with Crippen molar-refractivity contribution in [3.8, 4) is 0 Å². The first kappa shape index (κ1) is 20.4. The maximum absolute atomic E-state index is 14.4. The molecule has 0 saturated carbocycles. The number of alkyl halides is 2. The van der Waals surface area contributed by atoms with Crippen LogP contribution >= 0.6 is 0 Å². The van der Waals surface area contributed by atoms with E-state index in [1.165, 1.54) is 4.90 Å². The minimum Gasteiger partial charge on any atom is -0.445 e. The maximum atomic E-state index is 14.4. The minimum absolute atomic E-state index is 0.00707. The van der Waals surface area contributed by atoms with Crippen LogP contribution in [0.3, 0.4) is 0 Å². The number of carbonyl (C=O) groups is 2. The normalized spacial score (nSPS) is 23.9. The third-order valence-corrected chi connectivity index (χ3v) is 5.00. The van der Waals surface area contributed by atoms with Gasteiger partial charge in [0.05, 0.1) is 12.6 Å². The second-order valence-corrected chi connectivity index (χ2v) is 8.32. The van der Waals surface area contributed by atoms with Gasteiger partial charge in [0.25, 0.3) is 5.92 Å². The van der Waals surface area contributed by atoms with Crippen LogP contribution in [0, 0.1) is 5.92 Å². The molecule has 2 aliphatic heterocycles. The molecular formula is C20H26F2N2O4. The van der Waals surface area contributed by atoms with Gasteiger partial charge in [0.15, 0.2) is 0 Å². The molecule has 0 bridgehead atoms. The fourth-order valence-electron chi connectivity index (χ4n) is 3.70. The second-order valence-electron chi connectivity index (χ2n) is 8.32. The Morgan fingerprint density at radius 2 is 1.86 bits per heavy atom. The lowest BCUT2D eigenvalue weighted by Crippen LogP contribution is -2.53. The first-order valence-corrected chi connectivity index (χ1v) is 9.40. The largest absolute Gasteiger partial charge is 0.445 e. The summed E-state index contributed by atoms with van der Waals surface area (Å²) in [5.41, 5.74) is 0.0569. The Morgan fingerprint density at radius 3 is 2.50 bits per heavy atom. The lowest BCUT2D eigenvalue weighted by Gasteiger charge is -2.38. The van der Waals surface area contributed by atoms with Gasteiger partial charge in [-0.1, -0.05) is 30.3 Å². The van der Waals surface area contributed by atoms with Gasteiger partial charge in [-0.05, 0) is 32.8 Å². The smallest absolute Gasteiger partial charge is 0.410 e. The molecular weight excluding hydrogens is 370 g/mol. The Morgan fingerprint density at radius 1 is 1.18 bits per heavy atom. The number of benzene rings is 1. The molecule has 0 aliphatic carbocycles. The Bertz CT molecular complexity index is 721. The minimum atomic E-state index is -3.00. The predicted molar refractivity (Wildman–Crippen MR) is 98.0 cm³/mol. The van der Waals surface area contributed by atoms with Gasteiger partial charge in [-0.15, -0.1) is 0 Å². The predicted octanol–water partition coefficient (Wildman–Crippen LogP) is 3.90. The number of nitrogens with zero attached hydrogens (tertiary/aromatic N) is 2. The van der Waals surface area contributed by atoms with Crippen LogP contribution < -0.4 is 0 Å². The molecule has 2 aliphatic rings. The summed E-state index contributed by atoms with van der Waals surface area (Å²) >= 11 is 0. The molecule has 28 heavy (non-hydrogen) atoms. The number of amides is 2. The zero-order valence-corrected chi connectivity index (χ0v) is 16.4. The van der Waals surface area contributed by atoms with Crippen LogP contribution in [0.4, 0.5) is 18.4 Å². The second kappa shape index (κ2) is 7.56. The molecule has 2 amide bonds. The Balaban J connectivity index is 1.65. The first-order valence-electron chi connectivity index (χ1n) is 9.40. The van der Waals surface area contributed by atoms with E-state index < -0.39 is 42.2 Å². The lowest BCUT2D eigenvalue weighted by molar-refractivity contribution is -0.0447. The summed E-state index contributed by atoms with van der Waals surface area (Å²) in [7, 11) is 0. The van der Waals surface area contributed by atoms with Gasteiger partial charge in [0.2, 0.25) is 0 Å². The maximum Gasteiger partial charge on any atom is 0.410 e. The molecule has 2 fully saturated rings. The van der Waals surface area contributed by atoms with Gasteiger partial charge in [-0.3, -0.25) is 4.90 Å². The average Bonchev–Trinajstić information content (AvgIpc) is 2.90. The monoisotopic (exact) mass is 396 g/mol. The molecule has 0 spiro atoms. The Kier molecular flexibility index (Phi) is 5.50. The molecule has 0 radical (unpaired) electrons. The summed E-state index contributed by atoms with van der Waals surface area (Å²) < 4.78 is 39.5. The van der Waals surface area contributed by atoms with Crippen LogP contribution in [0.25, 0.3) is 0 Å². The van der Waals surface area contributed by atoms with Crippen molar-refractivity contribution in [3.63, 3.8) is 0 Å². The first-order chi connectivity index (χ1) is 13.1. The van der Waals surface area contributed by atoms with Crippen molar-refractivity contribution in [2.45, 2.75) is 51.4 Å². The highest BCUT2D eigenvalue weighted by atomic mass is 19.3. The van der Waals surface area contributed by atoms with E-state index in [0.717, 1.165) is 10.5 Å². The quantitative estimate of drug-likeness (QED) is 0.761. The summed E-state index contributed by atoms with van der Waals surface area (Å²) in [6, 6.07) is 8.43. The van der Waals surface area contributed by atoms with Gasteiger partial charge in [0.1, 0.15) is 12.2 Å². The van der Waals surface area contributed by atoms with Crippen LogP contribution in [0.5, 0.6) is 0 Å². The van der Waals surface area contributed by atoms with E-state index in [4.69, 9.17) is 9.47 Å². The highest BCUT2D eigenvalue weighted by molar-refractivity contribution is 5.71. The zero-order chi connectivity index (χ0) is 20.5. The van der Waals surface area contributed by atoms with E-state index in [1.807, 2.05) is 30.3 Å². The fraction of sp³-hybridized carbons (Fsp3) is 0.600. The average molecular weight is 396 g/mol. The van der Waals surface area contributed by atoms with Crippen LogP contribution in [-0.4, -0.2) is 59.2 Å². The molecule has 1 aromatic rings. The number of carbonyl (C=O) groups excluding carboxylic acids is 2. The summed E-state index contributed by atoms with van der Waals surface area (Å²) in [6.45, 7) is 4.65. The SMILES string of the molecule is CC(C)(C)OC(=O)N1CC(F)(F)C2CCN(C(=O)OCc3ccccc3)CC21. The Labute approximate surface area is 163 Å². The van der Waals surface area contributed by atoms with E-state index in [1.54, 1.807) is 20.8 Å². The number of hydrogen-bond acceptors (Lipinski definition) is 4. The number of likely N-dealkylation sites (tertiary alicyclic amines) is 2. The summed E-state index contributed by atoms with van der Waals surface area (Å²) in [4.78, 5) is 27.3. The molecule has 154 valence electrons. The van der Waals surface area contributed by atoms with Crippen molar-refractivity contribution in [2.75, 3.05) is 19.6 Å². The lowest BCUT2D eigenvalue weighted by atomic mass is 9.90. The Hall–Kier alpha value is -2.38. The highest BCUT2D eigenvalue weighted by Crippen LogP contribution is 2.43. The topological polar surface area (TPSA) is 59.1 Å². The number of ether oxygens (including phenoxy) is 2. The van der Waals surface area contributed by atoms with Crippen molar-refractivity contribution >= 4 is 12.2 Å². The molecule has 0 N–H and O–H groups in total. The standard InChI is InChI=1S/C20H26F2N2O4/c1-19(2,3)28-18(26)24-13-20(21,22)15-9-10-23(11-16(15)24)17(25)27-12-14-7-5-4-6-8-14/h4-8,15-16H,9-13H2,1-3H3. The molecule has 2 saturated heterocycles. The third kappa shape index (κ3) is 4.54. The van der Waals surface area contributed by atoms with Gasteiger partial charge >= 0.3 is 12.2 Å². The molecule has 3 rings (SSSR count). The van der Waals surface area contributed by atoms with Gasteiger partial charge in [0, 0.05) is 19.0 Å². The van der Waals surface area contributed by atoms with Crippen LogP contribution in [0.2, 0.25) is 0 Å². The number of hydrogen-bond donors (Lipinski definition) is 0. The van der Waals surface area contributed by atoms with Gasteiger partial charge < -0.3 is 14.4 Å². The van der Waals surface area contributed by atoms with Crippen LogP contribution in [0.1, 0.15) is 32.8 Å². The van der Waals surface area contributed by atoms with E-state index >= 15 is 0 Å². The zero-order valence-electron chi connectivity index (χ0n) is 16.4.